The lowest BCUT2D eigenvalue weighted by molar-refractivity contribution is 0.356. The Kier molecular flexibility index (Phi) is 11.1. The molecule has 1 heterocycles. The Hall–Kier alpha value is -3.40. The quantitative estimate of drug-likeness (QED) is 0.356. The first-order valence-corrected chi connectivity index (χ1v) is 11.0. The molecule has 2 aromatic carbocycles. The van der Waals surface area contributed by atoms with Crippen LogP contribution in [0.4, 0.5) is 0 Å². The third-order valence-electron chi connectivity index (χ3n) is 5.01. The number of nitrogens with zero attached hydrogens (tertiary/aromatic N) is 2. The van der Waals surface area contributed by atoms with Crippen molar-refractivity contribution in [2.45, 2.75) is 48.0 Å². The molecule has 1 unspecified atom stereocenters. The van der Waals surface area contributed by atoms with Crippen molar-refractivity contribution in [1.29, 1.82) is 0 Å². The van der Waals surface area contributed by atoms with Crippen LogP contribution < -0.4 is 4.74 Å². The van der Waals surface area contributed by atoms with Gasteiger partial charge in [0.25, 0.3) is 0 Å². The predicted octanol–water partition coefficient (Wildman–Crippen LogP) is 8.07. The summed E-state index contributed by atoms with van der Waals surface area (Å²) < 4.78 is 5.84. The third-order valence-corrected chi connectivity index (χ3v) is 5.01. The van der Waals surface area contributed by atoms with E-state index in [1.807, 2.05) is 32.0 Å². The lowest BCUT2D eigenvalue weighted by Crippen LogP contribution is -2.19. The number of aromatic amines is 1. The summed E-state index contributed by atoms with van der Waals surface area (Å²) in [6, 6.07) is 19.0. The molecule has 0 radical (unpaired) electrons. The van der Waals surface area contributed by atoms with E-state index in [9.17, 15) is 0 Å². The van der Waals surface area contributed by atoms with Crippen LogP contribution in [0.2, 0.25) is 0 Å². The van der Waals surface area contributed by atoms with Crippen molar-refractivity contribution in [1.82, 2.24) is 10.2 Å². The highest BCUT2D eigenvalue weighted by Gasteiger charge is 2.28. The van der Waals surface area contributed by atoms with Gasteiger partial charge in [-0.25, -0.2) is 0 Å². The molecule has 3 aromatic rings. The van der Waals surface area contributed by atoms with Crippen molar-refractivity contribution >= 4 is 5.71 Å². The van der Waals surface area contributed by atoms with Crippen LogP contribution in [-0.2, 0) is 0 Å². The third kappa shape index (κ3) is 7.60. The number of ether oxygens (including phenoxy) is 1. The van der Waals surface area contributed by atoms with Crippen LogP contribution in [0.25, 0.3) is 11.3 Å². The number of nitrogens with one attached hydrogen (secondary N) is 1. The van der Waals surface area contributed by atoms with E-state index in [4.69, 9.17) is 4.74 Å². The maximum atomic E-state index is 5.84. The molecule has 0 spiro atoms. The maximum absolute atomic E-state index is 5.84. The van der Waals surface area contributed by atoms with Crippen molar-refractivity contribution < 1.29 is 4.74 Å². The van der Waals surface area contributed by atoms with Gasteiger partial charge in [-0.3, -0.25) is 10.1 Å². The summed E-state index contributed by atoms with van der Waals surface area (Å²) in [6.45, 7) is 18.5. The molecular weight excluding hydrogens is 406 g/mol. The lowest BCUT2D eigenvalue weighted by atomic mass is 9.72. The molecule has 0 aliphatic heterocycles. The van der Waals surface area contributed by atoms with Crippen molar-refractivity contribution in [3.05, 3.63) is 97.4 Å². The van der Waals surface area contributed by atoms with Gasteiger partial charge in [-0.1, -0.05) is 91.6 Å². The van der Waals surface area contributed by atoms with Crippen LogP contribution in [0.1, 0.15) is 59.1 Å². The SMILES string of the molecule is C.C=CN=C(C=C)COc1ccc(C(c2ccc(-c3ccn[nH]3)cc2)C(C)(C)C)cc1.CC. The van der Waals surface area contributed by atoms with E-state index in [1.165, 1.54) is 17.3 Å². The molecule has 0 saturated carbocycles. The average molecular weight is 446 g/mol. The molecule has 0 amide bonds. The fraction of sp³-hybridized carbons (Fsp3) is 0.310. The second-order valence-electron chi connectivity index (χ2n) is 8.26. The molecule has 0 saturated heterocycles. The summed E-state index contributed by atoms with van der Waals surface area (Å²) in [5.74, 6) is 1.06. The number of rotatable bonds is 8. The highest BCUT2D eigenvalue weighted by molar-refractivity contribution is 5.96. The van der Waals surface area contributed by atoms with E-state index in [0.29, 0.717) is 6.61 Å². The average Bonchev–Trinajstić information content (AvgIpc) is 3.34. The Balaban J connectivity index is 0.00000177. The Morgan fingerprint density at radius 3 is 2.03 bits per heavy atom. The second kappa shape index (κ2) is 13.2. The monoisotopic (exact) mass is 445 g/mol. The predicted molar refractivity (Wildman–Crippen MR) is 143 cm³/mol. The van der Waals surface area contributed by atoms with Gasteiger partial charge in [0.1, 0.15) is 12.4 Å². The zero-order valence-corrected chi connectivity index (χ0v) is 19.9. The summed E-state index contributed by atoms with van der Waals surface area (Å²) in [5.41, 5.74) is 5.50. The molecule has 0 fully saturated rings. The Bertz CT molecular complexity index is 993. The normalized spacial score (nSPS) is 12.0. The number of hydrogen-bond acceptors (Lipinski definition) is 3. The Morgan fingerprint density at radius 2 is 1.58 bits per heavy atom. The number of hydrogen-bond donors (Lipinski definition) is 1. The summed E-state index contributed by atoms with van der Waals surface area (Å²) in [6.07, 6.45) is 4.94. The van der Waals surface area contributed by atoms with Gasteiger partial charge in [0.2, 0.25) is 0 Å². The van der Waals surface area contributed by atoms with Crippen LogP contribution in [0.15, 0.2) is 91.2 Å². The largest absolute Gasteiger partial charge is 0.487 e. The molecule has 4 heteroatoms. The fourth-order valence-corrected chi connectivity index (χ4v) is 3.64. The number of aromatic nitrogens is 2. The molecule has 3 rings (SSSR count). The molecule has 4 nitrogen and oxygen atoms in total. The first-order valence-electron chi connectivity index (χ1n) is 11.0. The first-order chi connectivity index (χ1) is 15.4. The van der Waals surface area contributed by atoms with Gasteiger partial charge in [0.15, 0.2) is 0 Å². The molecule has 0 aliphatic rings. The van der Waals surface area contributed by atoms with Gasteiger partial charge >= 0.3 is 0 Å². The summed E-state index contributed by atoms with van der Waals surface area (Å²) in [4.78, 5) is 4.13. The minimum Gasteiger partial charge on any atom is -0.487 e. The Morgan fingerprint density at radius 1 is 1.00 bits per heavy atom. The number of benzene rings is 2. The van der Waals surface area contributed by atoms with Crippen LogP contribution in [-0.4, -0.2) is 22.5 Å². The lowest BCUT2D eigenvalue weighted by Gasteiger charge is -2.32. The second-order valence-corrected chi connectivity index (χ2v) is 8.26. The number of aliphatic imine (C=N–C) groups is 1. The van der Waals surface area contributed by atoms with E-state index < -0.39 is 0 Å². The van der Waals surface area contributed by atoms with Crippen LogP contribution in [0.3, 0.4) is 0 Å². The maximum Gasteiger partial charge on any atom is 0.130 e. The van der Waals surface area contributed by atoms with Crippen LogP contribution in [0, 0.1) is 5.41 Å². The van der Waals surface area contributed by atoms with Gasteiger partial charge in [0, 0.05) is 18.3 Å². The summed E-state index contributed by atoms with van der Waals surface area (Å²) in [5, 5.41) is 7.06. The zero-order chi connectivity index (χ0) is 23.6. The van der Waals surface area contributed by atoms with Gasteiger partial charge in [0.05, 0.1) is 11.4 Å². The highest BCUT2D eigenvalue weighted by atomic mass is 16.5. The molecular formula is C29H39N3O. The van der Waals surface area contributed by atoms with Gasteiger partial charge in [-0.05, 0) is 46.4 Å². The van der Waals surface area contributed by atoms with Gasteiger partial charge in [-0.2, -0.15) is 5.10 Å². The molecule has 1 atom stereocenters. The minimum absolute atomic E-state index is 0. The highest BCUT2D eigenvalue weighted by Crippen LogP contribution is 2.41. The molecule has 0 bridgehead atoms. The molecule has 1 aromatic heterocycles. The number of H-pyrrole nitrogens is 1. The van der Waals surface area contributed by atoms with Gasteiger partial charge < -0.3 is 4.74 Å². The summed E-state index contributed by atoms with van der Waals surface area (Å²) in [7, 11) is 0. The van der Waals surface area contributed by atoms with E-state index >= 15 is 0 Å². The fourth-order valence-electron chi connectivity index (χ4n) is 3.64. The van der Waals surface area contributed by atoms with Gasteiger partial charge in [-0.15, -0.1) is 0 Å². The topological polar surface area (TPSA) is 50.3 Å². The van der Waals surface area contributed by atoms with Crippen LogP contribution in [0.5, 0.6) is 5.75 Å². The van der Waals surface area contributed by atoms with E-state index in [-0.39, 0.29) is 18.8 Å². The zero-order valence-electron chi connectivity index (χ0n) is 19.9. The van der Waals surface area contributed by atoms with Crippen molar-refractivity contribution in [3.8, 4) is 17.0 Å². The Labute approximate surface area is 200 Å². The van der Waals surface area contributed by atoms with Crippen LogP contribution >= 0.6 is 0 Å². The first kappa shape index (κ1) is 27.6. The van der Waals surface area contributed by atoms with Crippen molar-refractivity contribution in [3.63, 3.8) is 0 Å². The molecule has 33 heavy (non-hydrogen) atoms. The molecule has 1 N–H and O–H groups in total. The standard InChI is InChI=1S/C26H29N3O.C2H6.CH4/c1-6-22(27-7-2)18-30-23-14-12-21(13-15-23)25(26(3,4)5)20-10-8-19(9-11-20)24-16-17-28-29-24;1-2;/h6-17,25H,1-2,18H2,3-5H3,(H,28,29);1-2H3;1H4. The van der Waals surface area contributed by atoms with E-state index in [1.54, 1.807) is 12.3 Å². The smallest absolute Gasteiger partial charge is 0.130 e. The minimum atomic E-state index is 0. The summed E-state index contributed by atoms with van der Waals surface area (Å²) >= 11 is 0. The van der Waals surface area contributed by atoms with Crippen molar-refractivity contribution in [2.24, 2.45) is 10.4 Å². The van der Waals surface area contributed by atoms with Crippen molar-refractivity contribution in [2.75, 3.05) is 6.61 Å². The molecule has 176 valence electrons. The van der Waals surface area contributed by atoms with E-state index in [0.717, 1.165) is 22.7 Å². The molecule has 0 aliphatic carbocycles. The van der Waals surface area contributed by atoms with E-state index in [2.05, 4.69) is 85.5 Å².